The molecule has 1 aliphatic heterocycles. The Morgan fingerprint density at radius 3 is 3.17 bits per heavy atom. The molecule has 1 amide bonds. The first-order valence-corrected chi connectivity index (χ1v) is 6.88. The molecule has 18 heavy (non-hydrogen) atoms. The smallest absolute Gasteiger partial charge is 0.234 e. The average Bonchev–Trinajstić information content (AvgIpc) is 2.96. The maximum absolute atomic E-state index is 11.3. The van der Waals surface area contributed by atoms with E-state index in [1.54, 1.807) is 11.3 Å². The molecular weight excluding hydrogens is 246 g/mol. The maximum atomic E-state index is 11.3. The molecule has 2 heterocycles. The van der Waals surface area contributed by atoms with Gasteiger partial charge in [0.05, 0.1) is 12.6 Å². The molecule has 1 aromatic heterocycles. The van der Waals surface area contributed by atoms with Crippen LogP contribution in [0.25, 0.3) is 0 Å². The van der Waals surface area contributed by atoms with Gasteiger partial charge in [-0.3, -0.25) is 9.69 Å². The van der Waals surface area contributed by atoms with Gasteiger partial charge in [-0.2, -0.15) is 0 Å². The molecule has 0 aromatic carbocycles. The quantitative estimate of drug-likeness (QED) is 0.780. The molecule has 1 saturated heterocycles. The summed E-state index contributed by atoms with van der Waals surface area (Å²) in [5.41, 5.74) is 11.7. The second-order valence-electron chi connectivity index (χ2n) is 4.34. The standard InChI is InChI=1S/C13H17N3OS/c14-5-1-3-10-7-11(18-9-10)8-16-6-2-4-12(16)13(15)17/h7,9,12H,2,4-6,8,14H2,(H2,15,17). The van der Waals surface area contributed by atoms with E-state index in [2.05, 4.69) is 22.8 Å². The number of amides is 1. The summed E-state index contributed by atoms with van der Waals surface area (Å²) in [6, 6.07) is 1.95. The first-order valence-electron chi connectivity index (χ1n) is 6.00. The number of primary amides is 1. The van der Waals surface area contributed by atoms with Crippen molar-refractivity contribution in [1.82, 2.24) is 4.90 Å². The predicted octanol–water partition coefficient (Wildman–Crippen LogP) is 0.508. The van der Waals surface area contributed by atoms with Crippen LogP contribution in [0.3, 0.4) is 0 Å². The predicted molar refractivity (Wildman–Crippen MR) is 72.9 cm³/mol. The largest absolute Gasteiger partial charge is 0.368 e. The Hall–Kier alpha value is -1.35. The number of hydrogen-bond acceptors (Lipinski definition) is 4. The van der Waals surface area contributed by atoms with Gasteiger partial charge in [0.2, 0.25) is 5.91 Å². The van der Waals surface area contributed by atoms with Crippen LogP contribution in [-0.2, 0) is 11.3 Å². The summed E-state index contributed by atoms with van der Waals surface area (Å²) in [6.07, 6.45) is 1.92. The second-order valence-corrected chi connectivity index (χ2v) is 5.33. The monoisotopic (exact) mass is 263 g/mol. The molecule has 1 fully saturated rings. The van der Waals surface area contributed by atoms with E-state index in [0.717, 1.165) is 31.5 Å². The molecule has 96 valence electrons. The molecule has 0 saturated carbocycles. The van der Waals surface area contributed by atoms with E-state index in [0.29, 0.717) is 6.54 Å². The first-order chi connectivity index (χ1) is 8.70. The molecule has 0 aliphatic carbocycles. The molecule has 1 atom stereocenters. The zero-order chi connectivity index (χ0) is 13.0. The number of rotatable bonds is 3. The number of thiophene rings is 1. The topological polar surface area (TPSA) is 72.3 Å². The summed E-state index contributed by atoms with van der Waals surface area (Å²) in [7, 11) is 0. The van der Waals surface area contributed by atoms with Gasteiger partial charge in [-0.15, -0.1) is 11.3 Å². The lowest BCUT2D eigenvalue weighted by atomic mass is 10.2. The van der Waals surface area contributed by atoms with Crippen molar-refractivity contribution in [2.24, 2.45) is 11.5 Å². The third-order valence-electron chi connectivity index (χ3n) is 3.04. The van der Waals surface area contributed by atoms with Crippen molar-refractivity contribution in [3.8, 4) is 11.8 Å². The fourth-order valence-electron chi connectivity index (χ4n) is 2.22. The van der Waals surface area contributed by atoms with Crippen molar-refractivity contribution in [2.75, 3.05) is 13.1 Å². The Morgan fingerprint density at radius 1 is 1.61 bits per heavy atom. The minimum atomic E-state index is -0.216. The summed E-state index contributed by atoms with van der Waals surface area (Å²) in [5.74, 6) is 5.63. The molecule has 0 spiro atoms. The van der Waals surface area contributed by atoms with Crippen molar-refractivity contribution < 1.29 is 4.79 Å². The highest BCUT2D eigenvalue weighted by Crippen LogP contribution is 2.23. The van der Waals surface area contributed by atoms with E-state index in [4.69, 9.17) is 11.5 Å². The Balaban J connectivity index is 2.01. The van der Waals surface area contributed by atoms with Crippen LogP contribution in [0.2, 0.25) is 0 Å². The maximum Gasteiger partial charge on any atom is 0.234 e. The second kappa shape index (κ2) is 6.01. The zero-order valence-corrected chi connectivity index (χ0v) is 11.0. The average molecular weight is 263 g/mol. The molecular formula is C13H17N3OS. The van der Waals surface area contributed by atoms with Crippen LogP contribution < -0.4 is 11.5 Å². The minimum Gasteiger partial charge on any atom is -0.368 e. The van der Waals surface area contributed by atoms with E-state index in [1.807, 2.05) is 5.38 Å². The lowest BCUT2D eigenvalue weighted by Crippen LogP contribution is -2.39. The fourth-order valence-corrected chi connectivity index (χ4v) is 3.06. The molecule has 0 radical (unpaired) electrons. The van der Waals surface area contributed by atoms with Gasteiger partial charge in [0.15, 0.2) is 0 Å². The van der Waals surface area contributed by atoms with E-state index in [1.165, 1.54) is 4.88 Å². The van der Waals surface area contributed by atoms with Crippen molar-refractivity contribution in [2.45, 2.75) is 25.4 Å². The van der Waals surface area contributed by atoms with Gasteiger partial charge in [-0.1, -0.05) is 11.8 Å². The van der Waals surface area contributed by atoms with Crippen LogP contribution in [0.1, 0.15) is 23.3 Å². The fraction of sp³-hybridized carbons (Fsp3) is 0.462. The Kier molecular flexibility index (Phi) is 4.37. The van der Waals surface area contributed by atoms with Crippen molar-refractivity contribution in [3.05, 3.63) is 21.9 Å². The Morgan fingerprint density at radius 2 is 2.44 bits per heavy atom. The molecule has 1 aromatic rings. The highest BCUT2D eigenvalue weighted by molar-refractivity contribution is 7.10. The van der Waals surface area contributed by atoms with E-state index < -0.39 is 0 Å². The summed E-state index contributed by atoms with van der Waals surface area (Å²) < 4.78 is 0. The Labute approximate surface area is 111 Å². The van der Waals surface area contributed by atoms with E-state index >= 15 is 0 Å². The number of carbonyl (C=O) groups excluding carboxylic acids is 1. The summed E-state index contributed by atoms with van der Waals surface area (Å²) in [6.45, 7) is 2.10. The normalized spacial score (nSPS) is 19.5. The van der Waals surface area contributed by atoms with Crippen LogP contribution in [0.4, 0.5) is 0 Å². The van der Waals surface area contributed by atoms with Gasteiger partial charge in [-0.25, -0.2) is 0 Å². The lowest BCUT2D eigenvalue weighted by molar-refractivity contribution is -0.122. The minimum absolute atomic E-state index is 0.106. The number of nitrogens with two attached hydrogens (primary N) is 2. The van der Waals surface area contributed by atoms with Crippen molar-refractivity contribution >= 4 is 17.2 Å². The summed E-state index contributed by atoms with van der Waals surface area (Å²) in [5, 5.41) is 2.02. The van der Waals surface area contributed by atoms with Gasteiger partial charge in [0.1, 0.15) is 0 Å². The summed E-state index contributed by atoms with van der Waals surface area (Å²) in [4.78, 5) is 14.7. The number of carbonyl (C=O) groups is 1. The molecule has 1 aliphatic rings. The van der Waals surface area contributed by atoms with Crippen LogP contribution in [0.5, 0.6) is 0 Å². The SMILES string of the molecule is NCC#Cc1csc(CN2CCCC2C(N)=O)c1. The van der Waals surface area contributed by atoms with Gasteiger partial charge >= 0.3 is 0 Å². The van der Waals surface area contributed by atoms with Crippen LogP contribution in [-0.4, -0.2) is 29.9 Å². The number of likely N-dealkylation sites (tertiary alicyclic amines) is 1. The summed E-state index contributed by atoms with van der Waals surface area (Å²) >= 11 is 1.66. The lowest BCUT2D eigenvalue weighted by Gasteiger charge is -2.20. The first kappa shape index (κ1) is 13.1. The molecule has 5 heteroatoms. The zero-order valence-electron chi connectivity index (χ0n) is 10.2. The van der Waals surface area contributed by atoms with Crippen molar-refractivity contribution in [3.63, 3.8) is 0 Å². The molecule has 4 N–H and O–H groups in total. The van der Waals surface area contributed by atoms with Crippen LogP contribution in [0.15, 0.2) is 11.4 Å². The Bertz CT molecular complexity index is 486. The highest BCUT2D eigenvalue weighted by Gasteiger charge is 2.28. The number of nitrogens with zero attached hydrogens (tertiary/aromatic N) is 1. The molecule has 0 bridgehead atoms. The van der Waals surface area contributed by atoms with Crippen LogP contribution >= 0.6 is 11.3 Å². The third-order valence-corrected chi connectivity index (χ3v) is 3.96. The molecule has 1 unspecified atom stereocenters. The van der Waals surface area contributed by atoms with Crippen LogP contribution in [0, 0.1) is 11.8 Å². The molecule has 2 rings (SSSR count). The van der Waals surface area contributed by atoms with Gasteiger partial charge in [0.25, 0.3) is 0 Å². The molecule has 4 nitrogen and oxygen atoms in total. The third kappa shape index (κ3) is 3.10. The van der Waals surface area contributed by atoms with Gasteiger partial charge in [0, 0.05) is 22.4 Å². The van der Waals surface area contributed by atoms with E-state index in [-0.39, 0.29) is 11.9 Å². The van der Waals surface area contributed by atoms with Crippen molar-refractivity contribution in [1.29, 1.82) is 0 Å². The van der Waals surface area contributed by atoms with Gasteiger partial charge < -0.3 is 11.5 Å². The van der Waals surface area contributed by atoms with E-state index in [9.17, 15) is 4.79 Å². The van der Waals surface area contributed by atoms with Gasteiger partial charge in [-0.05, 0) is 25.5 Å². The highest BCUT2D eigenvalue weighted by atomic mass is 32.1. The number of hydrogen-bond donors (Lipinski definition) is 2.